The zero-order valence-electron chi connectivity index (χ0n) is 27.5. The molecule has 0 aliphatic rings. The van der Waals surface area contributed by atoms with Crippen molar-refractivity contribution in [2.24, 2.45) is 4.99 Å². The molecule has 0 bridgehead atoms. The van der Waals surface area contributed by atoms with Crippen LogP contribution in [0.1, 0.15) is 102 Å². The van der Waals surface area contributed by atoms with Crippen LogP contribution in [0.15, 0.2) is 4.99 Å². The summed E-state index contributed by atoms with van der Waals surface area (Å²) >= 11 is 0. The van der Waals surface area contributed by atoms with Gasteiger partial charge in [-0.15, -0.1) is 0 Å². The standard InChI is InChI=1S/C27H61NO9Si3/c1-12-22-23-26(11)28-25-24-27(38(29-13-2,30-14-3)31-15-4,39(32-16-5,33-17-6)34-18-7)40(35-19-8,36-20-9)37-21-10/h12-25H2,1-11H3. The number of nitrogens with zero attached hydrogens (tertiary/aromatic N) is 1. The first-order chi connectivity index (χ1) is 19.3. The van der Waals surface area contributed by atoms with Crippen LogP contribution in [0.2, 0.25) is 4.28 Å². The van der Waals surface area contributed by atoms with Gasteiger partial charge in [0.2, 0.25) is 0 Å². The van der Waals surface area contributed by atoms with Crippen LogP contribution in [0.4, 0.5) is 0 Å². The minimum atomic E-state index is -3.86. The Morgan fingerprint density at radius 1 is 0.500 bits per heavy atom. The van der Waals surface area contributed by atoms with E-state index in [-0.39, 0.29) is 0 Å². The van der Waals surface area contributed by atoms with Gasteiger partial charge in [0, 0.05) is 71.7 Å². The van der Waals surface area contributed by atoms with E-state index in [1.807, 2.05) is 62.3 Å². The van der Waals surface area contributed by atoms with E-state index in [4.69, 9.17) is 44.8 Å². The molecule has 40 heavy (non-hydrogen) atoms. The summed E-state index contributed by atoms with van der Waals surface area (Å²) < 4.78 is 59.3. The van der Waals surface area contributed by atoms with E-state index in [1.54, 1.807) is 0 Å². The van der Waals surface area contributed by atoms with Gasteiger partial charge in [0.25, 0.3) is 0 Å². The summed E-state index contributed by atoms with van der Waals surface area (Å²) in [5.74, 6) is 0. The number of aliphatic imine (C=N–C) groups is 1. The fraction of sp³-hybridized carbons (Fsp3) is 0.963. The molecular formula is C27H61NO9Si3. The Morgan fingerprint density at radius 2 is 0.775 bits per heavy atom. The molecule has 0 heterocycles. The lowest BCUT2D eigenvalue weighted by atomic mass is 10.2. The molecule has 0 aliphatic carbocycles. The lowest BCUT2D eigenvalue weighted by Crippen LogP contribution is -2.82. The van der Waals surface area contributed by atoms with Crippen LogP contribution in [0.5, 0.6) is 0 Å². The summed E-state index contributed by atoms with van der Waals surface area (Å²) in [5.41, 5.74) is 1.08. The van der Waals surface area contributed by atoms with Crippen molar-refractivity contribution in [2.75, 3.05) is 66.0 Å². The summed E-state index contributed by atoms with van der Waals surface area (Å²) in [7, 11) is -11.6. The van der Waals surface area contributed by atoms with Crippen LogP contribution in [-0.2, 0) is 39.8 Å². The third kappa shape index (κ3) is 9.48. The second-order valence-corrected chi connectivity index (χ2v) is 18.9. The maximum Gasteiger partial charge on any atom is 0.516 e. The summed E-state index contributed by atoms with van der Waals surface area (Å²) in [6.45, 7) is 25.2. The van der Waals surface area contributed by atoms with E-state index in [2.05, 4.69) is 13.8 Å². The van der Waals surface area contributed by atoms with Crippen molar-refractivity contribution in [1.29, 1.82) is 0 Å². The number of hydrogen-bond acceptors (Lipinski definition) is 10. The van der Waals surface area contributed by atoms with Crippen molar-refractivity contribution in [2.45, 2.75) is 106 Å². The Morgan fingerprint density at radius 3 is 1.00 bits per heavy atom. The highest BCUT2D eigenvalue weighted by Crippen LogP contribution is 2.59. The van der Waals surface area contributed by atoms with Gasteiger partial charge in [0.05, 0.1) is 0 Å². The summed E-state index contributed by atoms with van der Waals surface area (Å²) in [6.07, 6.45) is 3.50. The minimum Gasteiger partial charge on any atom is -0.373 e. The van der Waals surface area contributed by atoms with Crippen LogP contribution in [0, 0.1) is 0 Å². The average Bonchev–Trinajstić information content (AvgIpc) is 2.91. The normalized spacial score (nSPS) is 13.8. The molecule has 10 nitrogen and oxygen atoms in total. The first-order valence-corrected chi connectivity index (χ1v) is 20.7. The second kappa shape index (κ2) is 21.6. The Kier molecular flexibility index (Phi) is 21.6. The van der Waals surface area contributed by atoms with Gasteiger partial charge in [0.1, 0.15) is 0 Å². The molecule has 0 unspecified atom stereocenters. The van der Waals surface area contributed by atoms with Crippen molar-refractivity contribution in [3.05, 3.63) is 0 Å². The molecule has 0 spiro atoms. The zero-order chi connectivity index (χ0) is 30.5. The van der Waals surface area contributed by atoms with Crippen LogP contribution in [0.25, 0.3) is 0 Å². The molecule has 0 radical (unpaired) electrons. The molecule has 0 N–H and O–H groups in total. The Bertz CT molecular complexity index is 558. The molecule has 240 valence electrons. The average molecular weight is 628 g/mol. The SMILES string of the molecule is CCCCC(C)=NCCC([Si](OCC)(OCC)OCC)([Si](OCC)(OCC)OCC)[Si](OCC)(OCC)OCC. The number of hydrogen-bond donors (Lipinski definition) is 0. The molecule has 0 aliphatic heterocycles. The Labute approximate surface area is 248 Å². The van der Waals surface area contributed by atoms with Crippen LogP contribution in [-0.4, -0.2) is 98.1 Å². The van der Waals surface area contributed by atoms with Gasteiger partial charge in [-0.25, -0.2) is 0 Å². The molecule has 0 amide bonds. The lowest BCUT2D eigenvalue weighted by molar-refractivity contribution is -0.0120. The first-order valence-electron chi connectivity index (χ1n) is 15.5. The fourth-order valence-electron chi connectivity index (χ4n) is 5.14. The van der Waals surface area contributed by atoms with E-state index >= 15 is 0 Å². The largest absolute Gasteiger partial charge is 0.516 e. The van der Waals surface area contributed by atoms with E-state index in [9.17, 15) is 0 Å². The summed E-state index contributed by atoms with van der Waals surface area (Å²) in [6, 6.07) is 0. The highest BCUT2D eigenvalue weighted by Gasteiger charge is 2.89. The Hall–Kier alpha value is -0.0394. The highest BCUT2D eigenvalue weighted by molar-refractivity contribution is 7.02. The smallest absolute Gasteiger partial charge is 0.373 e. The number of rotatable bonds is 27. The molecular weight excluding hydrogens is 567 g/mol. The molecule has 0 fully saturated rings. The third-order valence-corrected chi connectivity index (χ3v) is 21.8. The van der Waals surface area contributed by atoms with Crippen molar-refractivity contribution >= 4 is 32.1 Å². The molecule has 13 heteroatoms. The molecule has 0 saturated carbocycles. The quantitative estimate of drug-likeness (QED) is 0.0804. The van der Waals surface area contributed by atoms with Gasteiger partial charge < -0.3 is 39.8 Å². The van der Waals surface area contributed by atoms with Crippen LogP contribution >= 0.6 is 0 Å². The molecule has 0 aromatic heterocycles. The van der Waals surface area contributed by atoms with E-state index < -0.39 is 30.7 Å². The van der Waals surface area contributed by atoms with Crippen molar-refractivity contribution < 1.29 is 39.8 Å². The van der Waals surface area contributed by atoms with Crippen molar-refractivity contribution in [1.82, 2.24) is 0 Å². The van der Waals surface area contributed by atoms with Gasteiger partial charge in [-0.2, -0.15) is 0 Å². The predicted octanol–water partition coefficient (Wildman–Crippen LogP) is 5.99. The molecule has 0 aromatic rings. The maximum atomic E-state index is 6.72. The van der Waals surface area contributed by atoms with Gasteiger partial charge in [0.15, 0.2) is 4.28 Å². The van der Waals surface area contributed by atoms with E-state index in [0.29, 0.717) is 72.4 Å². The molecule has 0 rings (SSSR count). The topological polar surface area (TPSA) is 95.4 Å². The molecule has 0 aromatic carbocycles. The summed E-state index contributed by atoms with van der Waals surface area (Å²) in [4.78, 5) is 5.01. The van der Waals surface area contributed by atoms with Crippen molar-refractivity contribution in [3.63, 3.8) is 0 Å². The van der Waals surface area contributed by atoms with Gasteiger partial charge >= 0.3 is 26.4 Å². The maximum absolute atomic E-state index is 6.72. The lowest BCUT2D eigenvalue weighted by Gasteiger charge is -2.55. The Balaban J connectivity index is 8.16. The second-order valence-electron chi connectivity index (χ2n) is 8.94. The highest BCUT2D eigenvalue weighted by atomic mass is 28.5. The van der Waals surface area contributed by atoms with Gasteiger partial charge in [-0.3, -0.25) is 4.99 Å². The zero-order valence-corrected chi connectivity index (χ0v) is 30.5. The van der Waals surface area contributed by atoms with Gasteiger partial charge in [-0.1, -0.05) is 13.3 Å². The predicted molar refractivity (Wildman–Crippen MR) is 167 cm³/mol. The first kappa shape index (κ1) is 40.0. The van der Waals surface area contributed by atoms with Crippen LogP contribution < -0.4 is 0 Å². The van der Waals surface area contributed by atoms with Crippen LogP contribution in [0.3, 0.4) is 0 Å². The van der Waals surface area contributed by atoms with Gasteiger partial charge in [-0.05, 0) is 88.5 Å². The summed E-state index contributed by atoms with van der Waals surface area (Å²) in [5, 5.41) is 0. The number of unbranched alkanes of at least 4 members (excludes halogenated alkanes) is 1. The van der Waals surface area contributed by atoms with E-state index in [0.717, 1.165) is 25.0 Å². The minimum absolute atomic E-state index is 0.344. The monoisotopic (exact) mass is 627 g/mol. The fourth-order valence-corrected chi connectivity index (χ4v) is 21.2. The van der Waals surface area contributed by atoms with Crippen molar-refractivity contribution in [3.8, 4) is 0 Å². The van der Waals surface area contributed by atoms with E-state index in [1.165, 1.54) is 0 Å². The molecule has 0 atom stereocenters. The third-order valence-electron chi connectivity index (χ3n) is 6.34. The molecule has 0 saturated heterocycles.